The van der Waals surface area contributed by atoms with Gasteiger partial charge in [-0.3, -0.25) is 23.4 Å². The Balaban J connectivity index is 1.32. The lowest BCUT2D eigenvalue weighted by molar-refractivity contribution is 0.0668. The van der Waals surface area contributed by atoms with E-state index in [1.807, 2.05) is 62.4 Å². The third-order valence-corrected chi connectivity index (χ3v) is 7.48. The standard InChI is InChI=1S/C31H37FN6O2/c1-5-38-9-8-30(35-38)26-13-24(12-25(14-26)27-17-33-36(4)20-27)22(3)34-31(39)29-15-28(7-6-21(29)2)40-11-10-37-18-23(16-32)19-37/h6-9,12-15,17,20,22-23H,5,10-11,16,18-19H2,1-4H3,(H,34,39)/t22-/m1/s1. The van der Waals surface area contributed by atoms with Crippen LogP contribution in [0.3, 0.4) is 0 Å². The van der Waals surface area contributed by atoms with E-state index in [2.05, 4.69) is 40.4 Å². The summed E-state index contributed by atoms with van der Waals surface area (Å²) in [5, 5.41) is 12.2. The maximum absolute atomic E-state index is 13.4. The van der Waals surface area contributed by atoms with Crippen molar-refractivity contribution in [2.75, 3.05) is 32.9 Å². The Hall–Kier alpha value is -3.98. The van der Waals surface area contributed by atoms with Gasteiger partial charge in [0.1, 0.15) is 12.4 Å². The molecule has 0 radical (unpaired) electrons. The summed E-state index contributed by atoms with van der Waals surface area (Å²) >= 11 is 0. The molecule has 40 heavy (non-hydrogen) atoms. The smallest absolute Gasteiger partial charge is 0.252 e. The number of carbonyl (C=O) groups is 1. The Morgan fingerprint density at radius 3 is 2.65 bits per heavy atom. The average molecular weight is 545 g/mol. The second kappa shape index (κ2) is 12.0. The van der Waals surface area contributed by atoms with Crippen LogP contribution in [0.15, 0.2) is 61.1 Å². The van der Waals surface area contributed by atoms with Crippen molar-refractivity contribution in [2.45, 2.75) is 33.4 Å². The van der Waals surface area contributed by atoms with Crippen LogP contribution in [0.5, 0.6) is 5.75 Å². The van der Waals surface area contributed by atoms with Gasteiger partial charge in [0.15, 0.2) is 0 Å². The third-order valence-electron chi connectivity index (χ3n) is 7.48. The van der Waals surface area contributed by atoms with E-state index in [1.165, 1.54) is 0 Å². The number of halogens is 1. The van der Waals surface area contributed by atoms with E-state index in [1.54, 1.807) is 10.7 Å². The molecule has 3 heterocycles. The monoisotopic (exact) mass is 544 g/mol. The number of aryl methyl sites for hydroxylation is 3. The molecule has 1 N–H and O–H groups in total. The van der Waals surface area contributed by atoms with Crippen LogP contribution >= 0.6 is 0 Å². The average Bonchev–Trinajstić information content (AvgIpc) is 3.59. The number of nitrogens with one attached hydrogen (secondary N) is 1. The van der Waals surface area contributed by atoms with Crippen LogP contribution in [-0.4, -0.2) is 63.3 Å². The van der Waals surface area contributed by atoms with Gasteiger partial charge in [-0.2, -0.15) is 10.2 Å². The Morgan fingerprint density at radius 1 is 1.15 bits per heavy atom. The molecule has 4 aromatic rings. The summed E-state index contributed by atoms with van der Waals surface area (Å²) in [6, 6.07) is 13.6. The van der Waals surface area contributed by atoms with Crippen LogP contribution < -0.4 is 10.1 Å². The number of carbonyl (C=O) groups excluding carboxylic acids is 1. The molecule has 0 unspecified atom stereocenters. The zero-order valence-electron chi connectivity index (χ0n) is 23.6. The molecule has 2 aromatic carbocycles. The molecule has 1 fully saturated rings. The Kier molecular flexibility index (Phi) is 8.30. The zero-order valence-corrected chi connectivity index (χ0v) is 23.6. The molecular weight excluding hydrogens is 507 g/mol. The zero-order chi connectivity index (χ0) is 28.2. The van der Waals surface area contributed by atoms with Gasteiger partial charge >= 0.3 is 0 Å². The van der Waals surface area contributed by atoms with Crippen molar-refractivity contribution < 1.29 is 13.9 Å². The number of alkyl halides is 1. The Labute approximate surface area is 234 Å². The molecule has 1 aliphatic rings. The first-order valence-electron chi connectivity index (χ1n) is 13.8. The van der Waals surface area contributed by atoms with Crippen LogP contribution in [0.2, 0.25) is 0 Å². The maximum atomic E-state index is 13.4. The minimum Gasteiger partial charge on any atom is -0.492 e. The fourth-order valence-corrected chi connectivity index (χ4v) is 5.02. The largest absolute Gasteiger partial charge is 0.492 e. The molecule has 0 aliphatic carbocycles. The van der Waals surface area contributed by atoms with Crippen LogP contribution in [0, 0.1) is 12.8 Å². The van der Waals surface area contributed by atoms with Crippen LogP contribution in [-0.2, 0) is 13.6 Å². The van der Waals surface area contributed by atoms with E-state index in [4.69, 9.17) is 9.84 Å². The first-order valence-corrected chi connectivity index (χ1v) is 13.8. The molecule has 0 bridgehead atoms. The van der Waals surface area contributed by atoms with Gasteiger partial charge in [0.2, 0.25) is 0 Å². The van der Waals surface area contributed by atoms with Crippen molar-refractivity contribution in [3.63, 3.8) is 0 Å². The third kappa shape index (κ3) is 6.25. The van der Waals surface area contributed by atoms with Crippen molar-refractivity contribution in [2.24, 2.45) is 13.0 Å². The fraction of sp³-hybridized carbons (Fsp3) is 0.387. The molecule has 210 valence electrons. The summed E-state index contributed by atoms with van der Waals surface area (Å²) < 4.78 is 22.3. The van der Waals surface area contributed by atoms with E-state index in [9.17, 15) is 9.18 Å². The molecule has 8 nitrogen and oxygen atoms in total. The number of aromatic nitrogens is 4. The highest BCUT2D eigenvalue weighted by Crippen LogP contribution is 2.30. The summed E-state index contributed by atoms with van der Waals surface area (Å²) in [4.78, 5) is 15.6. The van der Waals surface area contributed by atoms with Crippen LogP contribution in [0.4, 0.5) is 4.39 Å². The number of benzene rings is 2. The van der Waals surface area contributed by atoms with E-state index in [-0.39, 0.29) is 24.5 Å². The first-order chi connectivity index (χ1) is 19.3. The Morgan fingerprint density at radius 2 is 1.95 bits per heavy atom. The lowest BCUT2D eigenvalue weighted by Crippen LogP contribution is -2.49. The molecule has 1 amide bonds. The van der Waals surface area contributed by atoms with Crippen molar-refractivity contribution in [1.29, 1.82) is 0 Å². The highest BCUT2D eigenvalue weighted by molar-refractivity contribution is 5.96. The number of likely N-dealkylation sites (tertiary alicyclic amines) is 1. The maximum Gasteiger partial charge on any atom is 0.252 e. The quantitative estimate of drug-likeness (QED) is 0.286. The molecule has 1 saturated heterocycles. The SMILES string of the molecule is CCn1ccc(-c2cc(-c3cnn(C)c3)cc([C@@H](C)NC(=O)c3cc(OCCN4CC(CF)C4)ccc3C)c2)n1. The Bertz CT molecular complexity index is 1470. The highest BCUT2D eigenvalue weighted by Gasteiger charge is 2.26. The van der Waals surface area contributed by atoms with Gasteiger partial charge in [-0.1, -0.05) is 6.07 Å². The highest BCUT2D eigenvalue weighted by atomic mass is 19.1. The van der Waals surface area contributed by atoms with Gasteiger partial charge in [0, 0.05) is 68.2 Å². The second-order valence-corrected chi connectivity index (χ2v) is 10.6. The van der Waals surface area contributed by atoms with Gasteiger partial charge in [-0.15, -0.1) is 0 Å². The topological polar surface area (TPSA) is 77.2 Å². The first kappa shape index (κ1) is 27.6. The summed E-state index contributed by atoms with van der Waals surface area (Å²) in [5.41, 5.74) is 6.30. The number of hydrogen-bond acceptors (Lipinski definition) is 5. The minimum absolute atomic E-state index is 0.159. The van der Waals surface area contributed by atoms with E-state index in [0.29, 0.717) is 17.9 Å². The van der Waals surface area contributed by atoms with Gasteiger partial charge in [0.25, 0.3) is 5.91 Å². The fourth-order valence-electron chi connectivity index (χ4n) is 5.02. The number of amides is 1. The molecule has 5 rings (SSSR count). The van der Waals surface area contributed by atoms with Crippen molar-refractivity contribution in [3.8, 4) is 28.1 Å². The lowest BCUT2D eigenvalue weighted by Gasteiger charge is -2.37. The number of rotatable bonds is 11. The van der Waals surface area contributed by atoms with Crippen molar-refractivity contribution >= 4 is 5.91 Å². The van der Waals surface area contributed by atoms with E-state index in [0.717, 1.165) is 59.7 Å². The molecule has 9 heteroatoms. The van der Waals surface area contributed by atoms with Gasteiger partial charge in [-0.05, 0) is 73.9 Å². The molecular formula is C31H37FN6O2. The number of hydrogen-bond donors (Lipinski definition) is 1. The van der Waals surface area contributed by atoms with E-state index < -0.39 is 0 Å². The minimum atomic E-state index is -0.259. The molecule has 0 spiro atoms. The van der Waals surface area contributed by atoms with Crippen molar-refractivity contribution in [3.05, 3.63) is 77.7 Å². The van der Waals surface area contributed by atoms with Crippen LogP contribution in [0.1, 0.15) is 41.4 Å². The summed E-state index contributed by atoms with van der Waals surface area (Å²) in [6.45, 7) is 9.31. The molecule has 1 aliphatic heterocycles. The lowest BCUT2D eigenvalue weighted by atomic mass is 9.96. The van der Waals surface area contributed by atoms with Gasteiger partial charge in [-0.25, -0.2) is 0 Å². The predicted octanol–water partition coefficient (Wildman–Crippen LogP) is 5.05. The number of nitrogens with zero attached hydrogens (tertiary/aromatic N) is 5. The van der Waals surface area contributed by atoms with Crippen molar-refractivity contribution in [1.82, 2.24) is 29.8 Å². The number of ether oxygens (including phenoxy) is 1. The van der Waals surface area contributed by atoms with E-state index >= 15 is 0 Å². The normalized spacial score (nSPS) is 14.6. The molecule has 1 atom stereocenters. The predicted molar refractivity (Wildman–Crippen MR) is 154 cm³/mol. The second-order valence-electron chi connectivity index (χ2n) is 10.6. The summed E-state index contributed by atoms with van der Waals surface area (Å²) in [7, 11) is 1.90. The summed E-state index contributed by atoms with van der Waals surface area (Å²) in [5.74, 6) is 0.650. The molecule has 2 aromatic heterocycles. The van der Waals surface area contributed by atoms with Gasteiger partial charge in [0.05, 0.1) is 24.6 Å². The molecule has 0 saturated carbocycles. The summed E-state index contributed by atoms with van der Waals surface area (Å²) in [6.07, 6.45) is 5.79. The van der Waals surface area contributed by atoms with Crippen LogP contribution in [0.25, 0.3) is 22.4 Å². The van der Waals surface area contributed by atoms with Gasteiger partial charge < -0.3 is 10.1 Å².